The van der Waals surface area contributed by atoms with Gasteiger partial charge >= 0.3 is 11.9 Å². The molecule has 0 bridgehead atoms. The van der Waals surface area contributed by atoms with Gasteiger partial charge in [-0.15, -0.1) is 0 Å². The van der Waals surface area contributed by atoms with E-state index >= 15 is 0 Å². The molecule has 8 nitrogen and oxygen atoms in total. The minimum Gasteiger partial charge on any atom is -0.478 e. The third kappa shape index (κ3) is 10.4. The molecule has 0 aromatic heterocycles. The van der Waals surface area contributed by atoms with E-state index < -0.39 is 11.9 Å². The summed E-state index contributed by atoms with van der Waals surface area (Å²) < 4.78 is 0. The van der Waals surface area contributed by atoms with Crippen molar-refractivity contribution in [1.29, 1.82) is 0 Å². The highest BCUT2D eigenvalue weighted by atomic mass is 35.5. The fourth-order valence-corrected chi connectivity index (χ4v) is 3.82. The van der Waals surface area contributed by atoms with Crippen LogP contribution >= 0.6 is 11.6 Å². The minimum absolute atomic E-state index is 0.256. The second-order valence-corrected chi connectivity index (χ2v) is 8.17. The number of β-amino-alcohol motifs (C(OH)–C–C–N with tert-alkyl or cyclic N) is 1. The average Bonchev–Trinajstić information content (AvgIpc) is 2.83. The normalized spacial score (nSPS) is 14.4. The number of anilines is 2. The van der Waals surface area contributed by atoms with Crippen molar-refractivity contribution in [3.05, 3.63) is 71.8 Å². The first-order valence-electron chi connectivity index (χ1n) is 11.2. The number of carboxylic acid groups (broad SMARTS) is 2. The Morgan fingerprint density at radius 1 is 0.853 bits per heavy atom. The van der Waals surface area contributed by atoms with Crippen LogP contribution in [0.4, 0.5) is 11.4 Å². The smallest absolute Gasteiger partial charge is 0.328 e. The largest absolute Gasteiger partial charge is 0.478 e. The molecule has 1 aliphatic heterocycles. The van der Waals surface area contributed by atoms with Gasteiger partial charge < -0.3 is 25.1 Å². The monoisotopic (exact) mass is 489 g/mol. The van der Waals surface area contributed by atoms with Crippen LogP contribution < -0.4 is 4.90 Å². The molecule has 9 heteroatoms. The first-order chi connectivity index (χ1) is 16.4. The second-order valence-electron chi connectivity index (χ2n) is 7.74. The van der Waals surface area contributed by atoms with Crippen LogP contribution in [0.2, 0.25) is 5.02 Å². The first kappa shape index (κ1) is 27.3. The molecule has 2 aromatic carbocycles. The molecule has 0 spiro atoms. The lowest BCUT2D eigenvalue weighted by atomic mass is 10.2. The molecule has 3 rings (SSSR count). The van der Waals surface area contributed by atoms with Crippen LogP contribution in [0.15, 0.2) is 66.7 Å². The lowest BCUT2D eigenvalue weighted by Gasteiger charge is -2.35. The van der Waals surface area contributed by atoms with E-state index in [2.05, 4.69) is 45.0 Å². The van der Waals surface area contributed by atoms with Crippen molar-refractivity contribution in [2.45, 2.75) is 6.42 Å². The Labute approximate surface area is 205 Å². The van der Waals surface area contributed by atoms with Crippen molar-refractivity contribution in [2.75, 3.05) is 57.3 Å². The topological polar surface area (TPSA) is 105 Å². The summed E-state index contributed by atoms with van der Waals surface area (Å²) in [6.45, 7) is 7.38. The average molecular weight is 490 g/mol. The zero-order chi connectivity index (χ0) is 24.8. The molecule has 1 fully saturated rings. The summed E-state index contributed by atoms with van der Waals surface area (Å²) in [5.41, 5.74) is 2.33. The van der Waals surface area contributed by atoms with Crippen LogP contribution in [-0.2, 0) is 9.59 Å². The van der Waals surface area contributed by atoms with Gasteiger partial charge in [0.2, 0.25) is 0 Å². The van der Waals surface area contributed by atoms with Crippen molar-refractivity contribution in [1.82, 2.24) is 9.80 Å². The number of aliphatic hydroxyl groups is 1. The highest BCUT2D eigenvalue weighted by molar-refractivity contribution is 6.30. The maximum Gasteiger partial charge on any atom is 0.328 e. The molecule has 34 heavy (non-hydrogen) atoms. The number of benzene rings is 2. The first-order valence-corrected chi connectivity index (χ1v) is 11.5. The van der Waals surface area contributed by atoms with Crippen molar-refractivity contribution in [2.24, 2.45) is 0 Å². The van der Waals surface area contributed by atoms with Crippen molar-refractivity contribution in [3.63, 3.8) is 0 Å². The van der Waals surface area contributed by atoms with E-state index in [1.54, 1.807) is 0 Å². The molecule has 184 valence electrons. The van der Waals surface area contributed by atoms with E-state index in [0.29, 0.717) is 12.2 Å². The number of nitrogens with zero attached hydrogens (tertiary/aromatic N) is 3. The number of aliphatic carboxylic acids is 2. The summed E-state index contributed by atoms with van der Waals surface area (Å²) in [6, 6.07) is 18.6. The maximum absolute atomic E-state index is 9.55. The van der Waals surface area contributed by atoms with E-state index in [-0.39, 0.29) is 6.61 Å². The molecule has 0 unspecified atom stereocenters. The van der Waals surface area contributed by atoms with Gasteiger partial charge in [0.25, 0.3) is 0 Å². The molecular formula is C25H32ClN3O5. The van der Waals surface area contributed by atoms with Crippen LogP contribution in [0.25, 0.3) is 0 Å². The predicted octanol–water partition coefficient (Wildman–Crippen LogP) is 3.19. The fourth-order valence-electron chi connectivity index (χ4n) is 3.63. The standard InChI is InChI=1S/C21H28ClN3O.C4H4O4/c22-19-6-4-9-21(18-19)25(20-7-2-1-3-8-20)11-5-10-23-12-14-24(15-13-23)16-17-26;5-3(6)1-2-4(7)8/h1-4,6-9,18,26H,5,10-17H2;1-2H,(H,5,6)(H,7,8)/b;2-1-. The number of carbonyl (C=O) groups is 2. The molecule has 2 aromatic rings. The second kappa shape index (κ2) is 15.1. The van der Waals surface area contributed by atoms with Crippen LogP contribution in [0.3, 0.4) is 0 Å². The van der Waals surface area contributed by atoms with Gasteiger partial charge in [0, 0.05) is 67.8 Å². The zero-order valence-corrected chi connectivity index (χ0v) is 19.8. The summed E-state index contributed by atoms with van der Waals surface area (Å²) in [5.74, 6) is -2.51. The summed E-state index contributed by atoms with van der Waals surface area (Å²) in [7, 11) is 0. The Hall–Kier alpha value is -2.91. The molecule has 0 amide bonds. The lowest BCUT2D eigenvalue weighted by molar-refractivity contribution is -0.134. The zero-order valence-electron chi connectivity index (χ0n) is 19.1. The minimum atomic E-state index is -1.26. The summed E-state index contributed by atoms with van der Waals surface area (Å²) in [4.78, 5) is 26.3. The summed E-state index contributed by atoms with van der Waals surface area (Å²) >= 11 is 6.21. The van der Waals surface area contributed by atoms with E-state index in [9.17, 15) is 9.59 Å². The third-order valence-electron chi connectivity index (χ3n) is 5.29. The van der Waals surface area contributed by atoms with Gasteiger partial charge in [-0.2, -0.15) is 0 Å². The Balaban J connectivity index is 0.000000440. The van der Waals surface area contributed by atoms with Crippen LogP contribution in [0.5, 0.6) is 0 Å². The molecule has 3 N–H and O–H groups in total. The Kier molecular flexibility index (Phi) is 12.1. The number of rotatable bonds is 10. The summed E-state index contributed by atoms with van der Waals surface area (Å²) in [6.07, 6.45) is 2.21. The number of piperazine rings is 1. The van der Waals surface area contributed by atoms with Crippen molar-refractivity contribution in [3.8, 4) is 0 Å². The van der Waals surface area contributed by atoms with E-state index in [1.807, 2.05) is 24.3 Å². The van der Waals surface area contributed by atoms with Crippen molar-refractivity contribution >= 4 is 34.9 Å². The SMILES string of the molecule is O=C(O)/C=C\C(=O)O.OCCN1CCN(CCCN(c2ccccc2)c2cccc(Cl)c2)CC1. The molecule has 1 heterocycles. The highest BCUT2D eigenvalue weighted by Gasteiger charge is 2.16. The number of para-hydroxylation sites is 1. The Morgan fingerprint density at radius 2 is 1.41 bits per heavy atom. The van der Waals surface area contributed by atoms with Gasteiger partial charge in [-0.3, -0.25) is 4.90 Å². The predicted molar refractivity (Wildman–Crippen MR) is 134 cm³/mol. The van der Waals surface area contributed by atoms with E-state index in [1.165, 1.54) is 5.69 Å². The number of aliphatic hydroxyl groups excluding tert-OH is 1. The van der Waals surface area contributed by atoms with E-state index in [0.717, 1.165) is 62.9 Å². The number of halogens is 1. The van der Waals surface area contributed by atoms with Gasteiger partial charge in [0.05, 0.1) is 6.61 Å². The lowest BCUT2D eigenvalue weighted by Crippen LogP contribution is -2.47. The summed E-state index contributed by atoms with van der Waals surface area (Å²) in [5, 5.41) is 25.4. The molecule has 0 aliphatic carbocycles. The molecule has 1 aliphatic rings. The van der Waals surface area contributed by atoms with Gasteiger partial charge in [-0.1, -0.05) is 35.9 Å². The van der Waals surface area contributed by atoms with Crippen LogP contribution in [0, 0.1) is 0 Å². The van der Waals surface area contributed by atoms with Gasteiger partial charge in [-0.05, 0) is 43.3 Å². The quantitative estimate of drug-likeness (QED) is 0.437. The number of carboxylic acids is 2. The van der Waals surface area contributed by atoms with Crippen LogP contribution in [0.1, 0.15) is 6.42 Å². The van der Waals surface area contributed by atoms with Gasteiger partial charge in [0.15, 0.2) is 0 Å². The molecule has 1 saturated heterocycles. The maximum atomic E-state index is 9.55. The number of hydrogen-bond donors (Lipinski definition) is 3. The molecule has 0 saturated carbocycles. The number of hydrogen-bond acceptors (Lipinski definition) is 6. The van der Waals surface area contributed by atoms with Crippen molar-refractivity contribution < 1.29 is 24.9 Å². The fraction of sp³-hybridized carbons (Fsp3) is 0.360. The Morgan fingerprint density at radius 3 is 1.94 bits per heavy atom. The molecule has 0 radical (unpaired) electrons. The Bertz CT molecular complexity index is 902. The van der Waals surface area contributed by atoms with E-state index in [4.69, 9.17) is 26.9 Å². The molecular weight excluding hydrogens is 458 g/mol. The van der Waals surface area contributed by atoms with Gasteiger partial charge in [0.1, 0.15) is 0 Å². The van der Waals surface area contributed by atoms with Gasteiger partial charge in [-0.25, -0.2) is 9.59 Å². The highest BCUT2D eigenvalue weighted by Crippen LogP contribution is 2.27. The molecule has 0 atom stereocenters. The third-order valence-corrected chi connectivity index (χ3v) is 5.53. The van der Waals surface area contributed by atoms with Crippen LogP contribution in [-0.4, -0.2) is 89.5 Å².